The van der Waals surface area contributed by atoms with Gasteiger partial charge in [-0.05, 0) is 30.2 Å². The van der Waals surface area contributed by atoms with Gasteiger partial charge in [0.1, 0.15) is 6.61 Å². The first kappa shape index (κ1) is 18.7. The van der Waals surface area contributed by atoms with E-state index in [-0.39, 0.29) is 6.61 Å². The summed E-state index contributed by atoms with van der Waals surface area (Å²) in [5.41, 5.74) is 1.25. The second-order valence-electron chi connectivity index (χ2n) is 4.97. The quantitative estimate of drug-likeness (QED) is 0.431. The molecule has 2 unspecified atom stereocenters. The smallest absolute Gasteiger partial charge is 0.314 e. The molecule has 0 spiro atoms. The standard InChI is InChI=1S/C16H18ClNO5/c1-4-5-23-16(22)13(10(3)15(20)21)12-7-11(17)6-9(2)14(12)18-8-19/h4,6-8,10,13H,1,5H2,2-3H3,(H,18,19)(H,20,21). The maximum Gasteiger partial charge on any atom is 0.314 e. The molecule has 0 aliphatic heterocycles. The van der Waals surface area contributed by atoms with Gasteiger partial charge in [0.2, 0.25) is 6.41 Å². The summed E-state index contributed by atoms with van der Waals surface area (Å²) in [6.07, 6.45) is 1.84. The van der Waals surface area contributed by atoms with E-state index in [0.717, 1.165) is 0 Å². The SMILES string of the molecule is C=CCOC(=O)C(c1cc(Cl)cc(C)c1NC=O)C(C)C(=O)O. The number of esters is 1. The minimum Gasteiger partial charge on any atom is -0.481 e. The lowest BCUT2D eigenvalue weighted by molar-refractivity contribution is -0.152. The molecule has 0 saturated heterocycles. The van der Waals surface area contributed by atoms with Gasteiger partial charge in [-0.2, -0.15) is 0 Å². The molecule has 0 aliphatic carbocycles. The number of carboxylic acid groups (broad SMARTS) is 1. The molecule has 0 fully saturated rings. The Labute approximate surface area is 139 Å². The van der Waals surface area contributed by atoms with Crippen LogP contribution < -0.4 is 5.32 Å². The first-order chi connectivity index (χ1) is 10.8. The molecule has 0 aliphatic rings. The van der Waals surface area contributed by atoms with E-state index in [9.17, 15) is 19.5 Å². The molecular weight excluding hydrogens is 322 g/mol. The highest BCUT2D eigenvalue weighted by molar-refractivity contribution is 6.31. The van der Waals surface area contributed by atoms with Gasteiger partial charge in [0.05, 0.1) is 11.8 Å². The van der Waals surface area contributed by atoms with Gasteiger partial charge in [0.15, 0.2) is 0 Å². The number of aliphatic carboxylic acids is 1. The van der Waals surface area contributed by atoms with Crippen LogP contribution >= 0.6 is 11.6 Å². The number of hydrogen-bond acceptors (Lipinski definition) is 4. The van der Waals surface area contributed by atoms with E-state index in [0.29, 0.717) is 28.2 Å². The van der Waals surface area contributed by atoms with Crippen LogP contribution in [-0.2, 0) is 19.1 Å². The van der Waals surface area contributed by atoms with Crippen molar-refractivity contribution in [1.29, 1.82) is 0 Å². The first-order valence-electron chi connectivity index (χ1n) is 6.84. The summed E-state index contributed by atoms with van der Waals surface area (Å²) in [5.74, 6) is -4.08. The van der Waals surface area contributed by atoms with Gasteiger partial charge in [-0.25, -0.2) is 0 Å². The molecule has 124 valence electrons. The second kappa shape index (κ2) is 8.33. The van der Waals surface area contributed by atoms with Gasteiger partial charge < -0.3 is 15.2 Å². The van der Waals surface area contributed by atoms with Crippen LogP contribution in [0.25, 0.3) is 0 Å². The number of nitrogens with one attached hydrogen (secondary N) is 1. The molecule has 2 N–H and O–H groups in total. The van der Waals surface area contributed by atoms with Crippen molar-refractivity contribution in [2.75, 3.05) is 11.9 Å². The third-order valence-electron chi connectivity index (χ3n) is 3.36. The molecule has 1 rings (SSSR count). The molecule has 0 radical (unpaired) electrons. The van der Waals surface area contributed by atoms with E-state index < -0.39 is 23.8 Å². The molecule has 2 atom stereocenters. The fourth-order valence-corrected chi connectivity index (χ4v) is 2.53. The Morgan fingerprint density at radius 1 is 1.48 bits per heavy atom. The highest BCUT2D eigenvalue weighted by Gasteiger charge is 2.35. The number of rotatable bonds is 8. The van der Waals surface area contributed by atoms with Crippen molar-refractivity contribution < 1.29 is 24.2 Å². The minimum atomic E-state index is -1.17. The Hall–Kier alpha value is -2.34. The van der Waals surface area contributed by atoms with Crippen LogP contribution in [0.5, 0.6) is 0 Å². The van der Waals surface area contributed by atoms with E-state index in [4.69, 9.17) is 16.3 Å². The van der Waals surface area contributed by atoms with E-state index in [1.165, 1.54) is 19.1 Å². The highest BCUT2D eigenvalue weighted by Crippen LogP contribution is 2.36. The van der Waals surface area contributed by atoms with Crippen molar-refractivity contribution in [3.8, 4) is 0 Å². The Kier molecular flexibility index (Phi) is 6.78. The van der Waals surface area contributed by atoms with E-state index >= 15 is 0 Å². The van der Waals surface area contributed by atoms with Gasteiger partial charge in [-0.3, -0.25) is 14.4 Å². The summed E-state index contributed by atoms with van der Waals surface area (Å²) >= 11 is 6.03. The number of carboxylic acids is 1. The maximum atomic E-state index is 12.3. The van der Waals surface area contributed by atoms with E-state index in [1.807, 2.05) is 0 Å². The number of anilines is 1. The third kappa shape index (κ3) is 4.56. The molecule has 0 bridgehead atoms. The number of aryl methyl sites for hydroxylation is 1. The number of ether oxygens (including phenoxy) is 1. The molecule has 6 nitrogen and oxygen atoms in total. The lowest BCUT2D eigenvalue weighted by Gasteiger charge is -2.23. The number of amides is 1. The first-order valence-corrected chi connectivity index (χ1v) is 7.21. The van der Waals surface area contributed by atoms with Crippen molar-refractivity contribution in [2.45, 2.75) is 19.8 Å². The summed E-state index contributed by atoms with van der Waals surface area (Å²) in [6.45, 7) is 6.49. The molecule has 1 aromatic carbocycles. The van der Waals surface area contributed by atoms with Crippen molar-refractivity contribution in [1.82, 2.24) is 0 Å². The fraction of sp³-hybridized carbons (Fsp3) is 0.312. The molecule has 1 amide bonds. The second-order valence-corrected chi connectivity index (χ2v) is 5.41. The van der Waals surface area contributed by atoms with Crippen LogP contribution in [0, 0.1) is 12.8 Å². The molecule has 0 heterocycles. The lowest BCUT2D eigenvalue weighted by Crippen LogP contribution is -2.28. The third-order valence-corrected chi connectivity index (χ3v) is 3.57. The number of carbonyl (C=O) groups excluding carboxylic acids is 2. The average molecular weight is 340 g/mol. The summed E-state index contributed by atoms with van der Waals surface area (Å²) in [7, 11) is 0. The summed E-state index contributed by atoms with van der Waals surface area (Å²) in [6, 6.07) is 3.06. The zero-order chi connectivity index (χ0) is 17.6. The van der Waals surface area contributed by atoms with Crippen molar-refractivity contribution >= 4 is 35.6 Å². The Bertz CT molecular complexity index is 629. The predicted molar refractivity (Wildman–Crippen MR) is 86.6 cm³/mol. The summed E-state index contributed by atoms with van der Waals surface area (Å²) in [4.78, 5) is 34.6. The van der Waals surface area contributed by atoms with Gasteiger partial charge in [0, 0.05) is 10.7 Å². The van der Waals surface area contributed by atoms with Gasteiger partial charge in [0.25, 0.3) is 0 Å². The van der Waals surface area contributed by atoms with Crippen molar-refractivity contribution in [2.24, 2.45) is 5.92 Å². The molecule has 7 heteroatoms. The van der Waals surface area contributed by atoms with Crippen molar-refractivity contribution in [3.05, 3.63) is 40.9 Å². The molecule has 23 heavy (non-hydrogen) atoms. The van der Waals surface area contributed by atoms with Crippen LogP contribution in [0.3, 0.4) is 0 Å². The van der Waals surface area contributed by atoms with Gasteiger partial charge in [-0.1, -0.05) is 31.2 Å². The van der Waals surface area contributed by atoms with Crippen LogP contribution in [0.15, 0.2) is 24.8 Å². The molecule has 0 saturated carbocycles. The topological polar surface area (TPSA) is 92.7 Å². The molecule has 0 aromatic heterocycles. The lowest BCUT2D eigenvalue weighted by atomic mass is 9.85. The monoisotopic (exact) mass is 339 g/mol. The predicted octanol–water partition coefficient (Wildman–Crippen LogP) is 2.75. The number of benzene rings is 1. The summed E-state index contributed by atoms with van der Waals surface area (Å²) in [5, 5.41) is 12.1. The fourth-order valence-electron chi connectivity index (χ4n) is 2.24. The van der Waals surface area contributed by atoms with E-state index in [2.05, 4.69) is 11.9 Å². The Morgan fingerprint density at radius 2 is 2.13 bits per heavy atom. The van der Waals surface area contributed by atoms with Crippen LogP contribution in [-0.4, -0.2) is 30.1 Å². The number of halogens is 1. The maximum absolute atomic E-state index is 12.3. The zero-order valence-electron chi connectivity index (χ0n) is 12.8. The average Bonchev–Trinajstić information content (AvgIpc) is 2.48. The Morgan fingerprint density at radius 3 is 2.65 bits per heavy atom. The normalized spacial score (nSPS) is 12.8. The van der Waals surface area contributed by atoms with Crippen LogP contribution in [0.2, 0.25) is 5.02 Å². The molecule has 1 aromatic rings. The molecular formula is C16H18ClNO5. The van der Waals surface area contributed by atoms with Gasteiger partial charge in [-0.15, -0.1) is 0 Å². The van der Waals surface area contributed by atoms with Crippen molar-refractivity contribution in [3.63, 3.8) is 0 Å². The highest BCUT2D eigenvalue weighted by atomic mass is 35.5. The zero-order valence-corrected chi connectivity index (χ0v) is 13.6. The van der Waals surface area contributed by atoms with Gasteiger partial charge >= 0.3 is 11.9 Å². The van der Waals surface area contributed by atoms with Crippen LogP contribution in [0.1, 0.15) is 24.0 Å². The summed E-state index contributed by atoms with van der Waals surface area (Å²) < 4.78 is 5.01. The largest absolute Gasteiger partial charge is 0.481 e. The minimum absolute atomic E-state index is 0.0440. The number of carbonyl (C=O) groups is 3. The van der Waals surface area contributed by atoms with Crippen LogP contribution in [0.4, 0.5) is 5.69 Å². The number of hydrogen-bond donors (Lipinski definition) is 2. The van der Waals surface area contributed by atoms with E-state index in [1.54, 1.807) is 13.0 Å². The Balaban J connectivity index is 3.46.